The van der Waals surface area contributed by atoms with Gasteiger partial charge in [-0.2, -0.15) is 0 Å². The van der Waals surface area contributed by atoms with Crippen LogP contribution < -0.4 is 5.32 Å². The van der Waals surface area contributed by atoms with E-state index in [9.17, 15) is 0 Å². The Morgan fingerprint density at radius 1 is 1.62 bits per heavy atom. The summed E-state index contributed by atoms with van der Waals surface area (Å²) in [5.41, 5.74) is 0. The second-order valence-electron chi connectivity index (χ2n) is 4.23. The third-order valence-electron chi connectivity index (χ3n) is 2.78. The van der Waals surface area contributed by atoms with Crippen LogP contribution in [-0.2, 0) is 0 Å². The summed E-state index contributed by atoms with van der Waals surface area (Å²) < 4.78 is 0. The number of hydrogen-bond donors (Lipinski definition) is 1. The summed E-state index contributed by atoms with van der Waals surface area (Å²) in [7, 11) is 2.21. The molecular formula is C11H22N2. The van der Waals surface area contributed by atoms with Crippen LogP contribution in [0.1, 0.15) is 13.3 Å². The van der Waals surface area contributed by atoms with Crippen molar-refractivity contribution in [3.05, 3.63) is 12.7 Å². The van der Waals surface area contributed by atoms with E-state index < -0.39 is 0 Å². The van der Waals surface area contributed by atoms with Gasteiger partial charge in [0.1, 0.15) is 0 Å². The van der Waals surface area contributed by atoms with E-state index in [1.807, 2.05) is 6.08 Å². The average Bonchev–Trinajstić information content (AvgIpc) is 2.76. The molecular weight excluding hydrogens is 160 g/mol. The summed E-state index contributed by atoms with van der Waals surface area (Å²) in [5, 5.41) is 3.31. The molecule has 13 heavy (non-hydrogen) atoms. The monoisotopic (exact) mass is 182 g/mol. The van der Waals surface area contributed by atoms with Crippen LogP contribution in [0.25, 0.3) is 0 Å². The Labute approximate surface area is 82.0 Å². The summed E-state index contributed by atoms with van der Waals surface area (Å²) in [4.78, 5) is 2.42. The van der Waals surface area contributed by atoms with E-state index >= 15 is 0 Å². The van der Waals surface area contributed by atoms with Gasteiger partial charge < -0.3 is 10.2 Å². The molecule has 76 valence electrons. The van der Waals surface area contributed by atoms with Gasteiger partial charge in [-0.1, -0.05) is 13.0 Å². The van der Waals surface area contributed by atoms with Crippen LogP contribution in [0, 0.1) is 11.8 Å². The van der Waals surface area contributed by atoms with Crippen molar-refractivity contribution >= 4 is 0 Å². The SMILES string of the molecule is C=CCNCCN(C)CC1CC1C. The number of likely N-dealkylation sites (N-methyl/N-ethyl adjacent to an activating group) is 1. The summed E-state index contributed by atoms with van der Waals surface area (Å²) in [6.07, 6.45) is 3.34. The fourth-order valence-electron chi connectivity index (χ4n) is 1.62. The van der Waals surface area contributed by atoms with Crippen molar-refractivity contribution in [3.8, 4) is 0 Å². The average molecular weight is 182 g/mol. The summed E-state index contributed by atoms with van der Waals surface area (Å²) in [6, 6.07) is 0. The first-order valence-corrected chi connectivity index (χ1v) is 5.24. The smallest absolute Gasteiger partial charge is 0.0132 e. The van der Waals surface area contributed by atoms with Crippen LogP contribution in [0.15, 0.2) is 12.7 Å². The van der Waals surface area contributed by atoms with E-state index in [4.69, 9.17) is 0 Å². The molecule has 0 aliphatic heterocycles. The quantitative estimate of drug-likeness (QED) is 0.472. The Bertz CT molecular complexity index is 156. The highest BCUT2D eigenvalue weighted by atomic mass is 15.1. The van der Waals surface area contributed by atoms with Crippen LogP contribution in [0.2, 0.25) is 0 Å². The molecule has 0 aromatic rings. The van der Waals surface area contributed by atoms with E-state index in [0.29, 0.717) is 0 Å². The number of nitrogens with zero attached hydrogens (tertiary/aromatic N) is 1. The summed E-state index contributed by atoms with van der Waals surface area (Å²) >= 11 is 0. The Balaban J connectivity index is 1.91. The zero-order valence-electron chi connectivity index (χ0n) is 8.92. The van der Waals surface area contributed by atoms with Crippen LogP contribution in [0.4, 0.5) is 0 Å². The van der Waals surface area contributed by atoms with Crippen LogP contribution in [0.5, 0.6) is 0 Å². The van der Waals surface area contributed by atoms with Gasteiger partial charge in [0.15, 0.2) is 0 Å². The van der Waals surface area contributed by atoms with Crippen molar-refractivity contribution in [3.63, 3.8) is 0 Å². The molecule has 0 spiro atoms. The predicted molar refractivity (Wildman–Crippen MR) is 57.8 cm³/mol. The maximum Gasteiger partial charge on any atom is 0.0132 e. The molecule has 2 heteroatoms. The number of nitrogens with one attached hydrogen (secondary N) is 1. The standard InChI is InChI=1S/C11H22N2/c1-4-5-12-6-7-13(3)9-11-8-10(11)2/h4,10-12H,1,5-9H2,2-3H3. The molecule has 0 bridgehead atoms. The van der Waals surface area contributed by atoms with Gasteiger partial charge in [0, 0.05) is 26.2 Å². The highest BCUT2D eigenvalue weighted by Crippen LogP contribution is 2.37. The maximum absolute atomic E-state index is 3.67. The number of rotatable bonds is 7. The van der Waals surface area contributed by atoms with Crippen LogP contribution >= 0.6 is 0 Å². The fourth-order valence-corrected chi connectivity index (χ4v) is 1.62. The van der Waals surface area contributed by atoms with Gasteiger partial charge in [0.05, 0.1) is 0 Å². The van der Waals surface area contributed by atoms with Crippen molar-refractivity contribution in [2.75, 3.05) is 33.2 Å². The molecule has 2 nitrogen and oxygen atoms in total. The van der Waals surface area contributed by atoms with Gasteiger partial charge in [0.25, 0.3) is 0 Å². The van der Waals surface area contributed by atoms with Crippen molar-refractivity contribution in [1.29, 1.82) is 0 Å². The zero-order chi connectivity index (χ0) is 9.68. The van der Waals surface area contributed by atoms with E-state index in [-0.39, 0.29) is 0 Å². The van der Waals surface area contributed by atoms with Crippen LogP contribution in [-0.4, -0.2) is 38.1 Å². The third kappa shape index (κ3) is 4.44. The maximum atomic E-state index is 3.67. The van der Waals surface area contributed by atoms with E-state index in [0.717, 1.165) is 31.5 Å². The molecule has 0 aromatic carbocycles. The Morgan fingerprint density at radius 3 is 2.85 bits per heavy atom. The minimum absolute atomic E-state index is 0.924. The van der Waals surface area contributed by atoms with Crippen molar-refractivity contribution in [2.45, 2.75) is 13.3 Å². The Kier molecular flexibility index (Phi) is 4.46. The van der Waals surface area contributed by atoms with E-state index in [2.05, 4.69) is 30.8 Å². The lowest BCUT2D eigenvalue weighted by atomic mass is 10.3. The van der Waals surface area contributed by atoms with Gasteiger partial charge in [-0.3, -0.25) is 0 Å². The van der Waals surface area contributed by atoms with Crippen molar-refractivity contribution in [2.24, 2.45) is 11.8 Å². The molecule has 1 rings (SSSR count). The molecule has 0 heterocycles. The molecule has 0 amide bonds. The molecule has 1 aliphatic rings. The molecule has 1 fully saturated rings. The summed E-state index contributed by atoms with van der Waals surface area (Å²) in [5.74, 6) is 1.95. The van der Waals surface area contributed by atoms with Gasteiger partial charge in [-0.25, -0.2) is 0 Å². The molecule has 0 radical (unpaired) electrons. The lowest BCUT2D eigenvalue weighted by Gasteiger charge is -2.16. The zero-order valence-corrected chi connectivity index (χ0v) is 8.92. The Morgan fingerprint density at radius 2 is 2.31 bits per heavy atom. The largest absolute Gasteiger partial charge is 0.312 e. The van der Waals surface area contributed by atoms with Crippen LogP contribution in [0.3, 0.4) is 0 Å². The highest BCUT2D eigenvalue weighted by molar-refractivity contribution is 4.84. The second kappa shape index (κ2) is 5.40. The fraction of sp³-hybridized carbons (Fsp3) is 0.818. The minimum Gasteiger partial charge on any atom is -0.312 e. The lowest BCUT2D eigenvalue weighted by molar-refractivity contribution is 0.315. The minimum atomic E-state index is 0.924. The molecule has 2 unspecified atom stereocenters. The van der Waals surface area contributed by atoms with E-state index in [1.165, 1.54) is 13.0 Å². The molecule has 0 saturated heterocycles. The topological polar surface area (TPSA) is 15.3 Å². The van der Waals surface area contributed by atoms with Crippen molar-refractivity contribution < 1.29 is 0 Å². The van der Waals surface area contributed by atoms with E-state index in [1.54, 1.807) is 0 Å². The second-order valence-corrected chi connectivity index (χ2v) is 4.23. The highest BCUT2D eigenvalue weighted by Gasteiger charge is 2.32. The van der Waals surface area contributed by atoms with Gasteiger partial charge in [-0.05, 0) is 25.3 Å². The first-order valence-electron chi connectivity index (χ1n) is 5.24. The molecule has 1 saturated carbocycles. The van der Waals surface area contributed by atoms with Crippen molar-refractivity contribution in [1.82, 2.24) is 10.2 Å². The molecule has 2 atom stereocenters. The Hall–Kier alpha value is -0.340. The summed E-state index contributed by atoms with van der Waals surface area (Å²) in [6.45, 7) is 10.4. The normalized spacial score (nSPS) is 26.4. The predicted octanol–water partition coefficient (Wildman–Crippen LogP) is 1.35. The molecule has 1 N–H and O–H groups in total. The number of hydrogen-bond acceptors (Lipinski definition) is 2. The van der Waals surface area contributed by atoms with Gasteiger partial charge in [-0.15, -0.1) is 6.58 Å². The van der Waals surface area contributed by atoms with Gasteiger partial charge in [0.2, 0.25) is 0 Å². The third-order valence-corrected chi connectivity index (χ3v) is 2.78. The van der Waals surface area contributed by atoms with Gasteiger partial charge >= 0.3 is 0 Å². The first kappa shape index (κ1) is 10.7. The molecule has 1 aliphatic carbocycles. The lowest BCUT2D eigenvalue weighted by Crippen LogP contribution is -2.30. The molecule has 0 aromatic heterocycles. The first-order chi connectivity index (χ1) is 6.24.